The van der Waals surface area contributed by atoms with E-state index in [0.717, 1.165) is 21.4 Å². The van der Waals surface area contributed by atoms with Crippen molar-refractivity contribution in [3.05, 3.63) is 47.5 Å². The van der Waals surface area contributed by atoms with Gasteiger partial charge in [0, 0.05) is 18.1 Å². The number of guanidine groups is 1. The van der Waals surface area contributed by atoms with Gasteiger partial charge in [0.05, 0.1) is 0 Å². The first kappa shape index (κ1) is 15.0. The second-order valence-electron chi connectivity index (χ2n) is 4.73. The smallest absolute Gasteiger partial charge is 0.319 e. The van der Waals surface area contributed by atoms with E-state index >= 15 is 0 Å². The SMILES string of the molecule is Cc1cc(C)cc(NC(N)=NCc2nccn2C(F)F)c1. The number of benzene rings is 1. The summed E-state index contributed by atoms with van der Waals surface area (Å²) in [7, 11) is 0. The summed E-state index contributed by atoms with van der Waals surface area (Å²) in [6, 6.07) is 5.89. The lowest BCUT2D eigenvalue weighted by molar-refractivity contribution is 0.0671. The normalized spacial score (nSPS) is 12.0. The molecule has 112 valence electrons. The van der Waals surface area contributed by atoms with Gasteiger partial charge in [-0.2, -0.15) is 8.78 Å². The van der Waals surface area contributed by atoms with E-state index in [2.05, 4.69) is 15.3 Å². The minimum absolute atomic E-state index is 0.0129. The lowest BCUT2D eigenvalue weighted by Gasteiger charge is -2.08. The molecule has 7 heteroatoms. The van der Waals surface area contributed by atoms with Crippen LogP contribution in [0.25, 0.3) is 0 Å². The van der Waals surface area contributed by atoms with Crippen LogP contribution in [-0.2, 0) is 6.54 Å². The van der Waals surface area contributed by atoms with Crippen LogP contribution in [0.4, 0.5) is 14.5 Å². The molecule has 0 aliphatic heterocycles. The van der Waals surface area contributed by atoms with Crippen LogP contribution in [0, 0.1) is 13.8 Å². The van der Waals surface area contributed by atoms with Crippen molar-refractivity contribution in [1.29, 1.82) is 0 Å². The van der Waals surface area contributed by atoms with Gasteiger partial charge in [0.2, 0.25) is 0 Å². The zero-order chi connectivity index (χ0) is 15.4. The fraction of sp³-hybridized carbons (Fsp3) is 0.286. The van der Waals surface area contributed by atoms with Gasteiger partial charge in [-0.3, -0.25) is 4.57 Å². The van der Waals surface area contributed by atoms with Crippen molar-refractivity contribution in [2.24, 2.45) is 10.7 Å². The average molecular weight is 293 g/mol. The highest BCUT2D eigenvalue weighted by molar-refractivity contribution is 5.92. The number of alkyl halides is 2. The van der Waals surface area contributed by atoms with Crippen LogP contribution in [-0.4, -0.2) is 15.5 Å². The monoisotopic (exact) mass is 293 g/mol. The molecule has 0 saturated heterocycles. The minimum atomic E-state index is -2.63. The number of aliphatic imine (C=N–C) groups is 1. The number of hydrogen-bond donors (Lipinski definition) is 2. The highest BCUT2D eigenvalue weighted by Crippen LogP contribution is 2.14. The molecule has 0 saturated carbocycles. The average Bonchev–Trinajstić information content (AvgIpc) is 2.83. The molecule has 21 heavy (non-hydrogen) atoms. The Morgan fingerprint density at radius 2 is 2.00 bits per heavy atom. The molecule has 1 aromatic carbocycles. The van der Waals surface area contributed by atoms with Crippen LogP contribution in [0.3, 0.4) is 0 Å². The van der Waals surface area contributed by atoms with E-state index in [1.807, 2.05) is 32.0 Å². The Morgan fingerprint density at radius 3 is 2.62 bits per heavy atom. The molecule has 1 aromatic heterocycles. The minimum Gasteiger partial charge on any atom is -0.370 e. The zero-order valence-corrected chi connectivity index (χ0v) is 11.8. The Labute approximate surface area is 121 Å². The number of nitrogens with zero attached hydrogens (tertiary/aromatic N) is 3. The van der Waals surface area contributed by atoms with Crippen LogP contribution in [0.1, 0.15) is 23.5 Å². The summed E-state index contributed by atoms with van der Waals surface area (Å²) in [5.74, 6) is 0.319. The van der Waals surface area contributed by atoms with Crippen LogP contribution in [0.15, 0.2) is 35.6 Å². The molecule has 0 aliphatic carbocycles. The molecule has 0 aliphatic rings. The molecule has 0 radical (unpaired) electrons. The molecule has 0 spiro atoms. The Hall–Kier alpha value is -2.44. The van der Waals surface area contributed by atoms with E-state index in [1.54, 1.807) is 0 Å². The standard InChI is InChI=1S/C14H17F2N5/c1-9-5-10(2)7-11(6-9)20-14(17)19-8-12-18-3-4-21(12)13(15)16/h3-7,13H,8H2,1-2H3,(H3,17,19,20). The van der Waals surface area contributed by atoms with Gasteiger partial charge in [0.1, 0.15) is 12.4 Å². The first-order valence-corrected chi connectivity index (χ1v) is 6.41. The van der Waals surface area contributed by atoms with Gasteiger partial charge < -0.3 is 11.1 Å². The van der Waals surface area contributed by atoms with Crippen molar-refractivity contribution in [2.75, 3.05) is 5.32 Å². The van der Waals surface area contributed by atoms with Gasteiger partial charge >= 0.3 is 6.55 Å². The summed E-state index contributed by atoms with van der Waals surface area (Å²) in [6.07, 6.45) is 2.52. The van der Waals surface area contributed by atoms with Crippen molar-refractivity contribution in [3.8, 4) is 0 Å². The lowest BCUT2D eigenvalue weighted by atomic mass is 10.1. The third-order valence-corrected chi connectivity index (χ3v) is 2.84. The van der Waals surface area contributed by atoms with E-state index < -0.39 is 6.55 Å². The van der Waals surface area contributed by atoms with Gasteiger partial charge in [0.25, 0.3) is 0 Å². The largest absolute Gasteiger partial charge is 0.370 e. The summed E-state index contributed by atoms with van der Waals surface area (Å²) >= 11 is 0. The van der Waals surface area contributed by atoms with Gasteiger partial charge in [-0.05, 0) is 37.1 Å². The molecule has 1 heterocycles. The molecule has 0 amide bonds. The van der Waals surface area contributed by atoms with E-state index in [4.69, 9.17) is 5.73 Å². The van der Waals surface area contributed by atoms with Crippen molar-refractivity contribution < 1.29 is 8.78 Å². The number of nitrogens with one attached hydrogen (secondary N) is 1. The van der Waals surface area contributed by atoms with E-state index in [9.17, 15) is 8.78 Å². The first-order chi connectivity index (χ1) is 9.95. The third kappa shape index (κ3) is 4.01. The Bertz CT molecular complexity index is 628. The van der Waals surface area contributed by atoms with Crippen LogP contribution < -0.4 is 11.1 Å². The molecule has 0 atom stereocenters. The molecule has 3 N–H and O–H groups in total. The summed E-state index contributed by atoms with van der Waals surface area (Å²) in [5, 5.41) is 2.94. The molecule has 2 rings (SSSR count). The maximum absolute atomic E-state index is 12.6. The number of imidazole rings is 1. The maximum Gasteiger partial charge on any atom is 0.319 e. The Morgan fingerprint density at radius 1 is 1.33 bits per heavy atom. The second-order valence-corrected chi connectivity index (χ2v) is 4.73. The number of halogens is 2. The molecule has 2 aromatic rings. The fourth-order valence-corrected chi connectivity index (χ4v) is 2.03. The summed E-state index contributed by atoms with van der Waals surface area (Å²) in [5.41, 5.74) is 8.77. The predicted molar refractivity (Wildman–Crippen MR) is 78.3 cm³/mol. The van der Waals surface area contributed by atoms with Gasteiger partial charge in [-0.25, -0.2) is 9.98 Å². The first-order valence-electron chi connectivity index (χ1n) is 6.41. The van der Waals surface area contributed by atoms with Crippen LogP contribution in [0.2, 0.25) is 0 Å². The van der Waals surface area contributed by atoms with Crippen molar-refractivity contribution in [3.63, 3.8) is 0 Å². The predicted octanol–water partition coefficient (Wildman–Crippen LogP) is 2.82. The third-order valence-electron chi connectivity index (χ3n) is 2.84. The number of rotatable bonds is 4. The number of hydrogen-bond acceptors (Lipinski definition) is 2. The van der Waals surface area contributed by atoms with Gasteiger partial charge in [-0.15, -0.1) is 0 Å². The molecular weight excluding hydrogens is 276 g/mol. The second kappa shape index (κ2) is 6.34. The molecule has 0 unspecified atom stereocenters. The topological polar surface area (TPSA) is 68.2 Å². The van der Waals surface area contributed by atoms with E-state index in [0.29, 0.717) is 0 Å². The highest BCUT2D eigenvalue weighted by atomic mass is 19.3. The summed E-state index contributed by atoms with van der Waals surface area (Å²) < 4.78 is 26.1. The molecule has 0 fully saturated rings. The summed E-state index contributed by atoms with van der Waals surface area (Å²) in [4.78, 5) is 7.87. The Balaban J connectivity index is 2.06. The fourth-order valence-electron chi connectivity index (χ4n) is 2.03. The quantitative estimate of drug-likeness (QED) is 0.673. The van der Waals surface area contributed by atoms with Gasteiger partial charge in [0.15, 0.2) is 5.96 Å². The summed E-state index contributed by atoms with van der Waals surface area (Å²) in [6.45, 7) is 1.31. The van der Waals surface area contributed by atoms with Crippen molar-refractivity contribution in [1.82, 2.24) is 9.55 Å². The maximum atomic E-state index is 12.6. The van der Waals surface area contributed by atoms with E-state index in [-0.39, 0.29) is 18.3 Å². The zero-order valence-electron chi connectivity index (χ0n) is 11.8. The lowest BCUT2D eigenvalue weighted by Crippen LogP contribution is -2.23. The Kier molecular flexibility index (Phi) is 4.52. The van der Waals surface area contributed by atoms with Crippen LogP contribution >= 0.6 is 0 Å². The van der Waals surface area contributed by atoms with Gasteiger partial charge in [-0.1, -0.05) is 6.07 Å². The molecule has 0 bridgehead atoms. The number of aryl methyl sites for hydroxylation is 2. The highest BCUT2D eigenvalue weighted by Gasteiger charge is 2.10. The number of anilines is 1. The molecule has 5 nitrogen and oxygen atoms in total. The number of aromatic nitrogens is 2. The number of nitrogens with two attached hydrogens (primary N) is 1. The van der Waals surface area contributed by atoms with E-state index in [1.165, 1.54) is 12.4 Å². The molecular formula is C14H17F2N5. The van der Waals surface area contributed by atoms with Crippen molar-refractivity contribution in [2.45, 2.75) is 26.9 Å². The van der Waals surface area contributed by atoms with Crippen molar-refractivity contribution >= 4 is 11.6 Å². The van der Waals surface area contributed by atoms with Crippen LogP contribution in [0.5, 0.6) is 0 Å².